The van der Waals surface area contributed by atoms with Crippen LogP contribution in [0.2, 0.25) is 0 Å². The van der Waals surface area contributed by atoms with Gasteiger partial charge in [0.2, 0.25) is 5.91 Å². The second-order valence-electron chi connectivity index (χ2n) is 7.16. The van der Waals surface area contributed by atoms with E-state index in [0.29, 0.717) is 28.8 Å². The van der Waals surface area contributed by atoms with Crippen molar-refractivity contribution in [3.63, 3.8) is 0 Å². The summed E-state index contributed by atoms with van der Waals surface area (Å²) in [6.45, 7) is 2.23. The highest BCUT2D eigenvalue weighted by Crippen LogP contribution is 2.39. The van der Waals surface area contributed by atoms with Crippen molar-refractivity contribution >= 4 is 28.2 Å². The average molecular weight is 334 g/mol. The maximum Gasteiger partial charge on any atom is 0.251 e. The minimum Gasteiger partial charge on any atom is -0.365 e. The van der Waals surface area contributed by atoms with Gasteiger partial charge in [-0.05, 0) is 43.1 Å². The highest BCUT2D eigenvalue weighted by molar-refractivity contribution is 7.17. The third-order valence-corrected chi connectivity index (χ3v) is 6.44. The van der Waals surface area contributed by atoms with Crippen LogP contribution in [-0.4, -0.2) is 11.8 Å². The number of primary amides is 1. The van der Waals surface area contributed by atoms with Crippen LogP contribution in [0.15, 0.2) is 0 Å². The standard InChI is InChI=1S/C18H26N2O2S/c1-11-6-8-13-14(10-11)23-18(16(13)17(19)22)20-15(21)9-7-12-4-2-3-5-12/h11-12H,2-10H2,1H3,(H2,19,22)(H,20,21)/t11-/m0/s1. The van der Waals surface area contributed by atoms with Gasteiger partial charge in [0.25, 0.3) is 5.91 Å². The van der Waals surface area contributed by atoms with Crippen molar-refractivity contribution in [1.29, 1.82) is 0 Å². The van der Waals surface area contributed by atoms with Crippen molar-refractivity contribution in [2.24, 2.45) is 17.6 Å². The molecule has 1 heterocycles. The highest BCUT2D eigenvalue weighted by atomic mass is 32.1. The fraction of sp³-hybridized carbons (Fsp3) is 0.667. The maximum absolute atomic E-state index is 12.3. The van der Waals surface area contributed by atoms with Crippen LogP contribution in [0.5, 0.6) is 0 Å². The second-order valence-corrected chi connectivity index (χ2v) is 8.26. The molecule has 0 aliphatic heterocycles. The molecule has 1 fully saturated rings. The molecule has 0 unspecified atom stereocenters. The SMILES string of the molecule is C[C@H]1CCc2c(sc(NC(=O)CCC3CCCC3)c2C(N)=O)C1. The average Bonchev–Trinajstić information content (AvgIpc) is 3.11. The summed E-state index contributed by atoms with van der Waals surface area (Å²) >= 11 is 1.55. The van der Waals surface area contributed by atoms with Gasteiger partial charge in [-0.2, -0.15) is 0 Å². The Morgan fingerprint density at radius 2 is 2.00 bits per heavy atom. The van der Waals surface area contributed by atoms with Gasteiger partial charge in [-0.3, -0.25) is 9.59 Å². The quantitative estimate of drug-likeness (QED) is 0.857. The summed E-state index contributed by atoms with van der Waals surface area (Å²) in [6, 6.07) is 0. The number of hydrogen-bond acceptors (Lipinski definition) is 3. The van der Waals surface area contributed by atoms with Gasteiger partial charge in [-0.1, -0.05) is 32.6 Å². The summed E-state index contributed by atoms with van der Waals surface area (Å²) < 4.78 is 0. The van der Waals surface area contributed by atoms with E-state index in [9.17, 15) is 9.59 Å². The highest BCUT2D eigenvalue weighted by Gasteiger charge is 2.27. The molecule has 2 aliphatic carbocycles. The summed E-state index contributed by atoms with van der Waals surface area (Å²) in [5.41, 5.74) is 7.22. The molecule has 0 aromatic carbocycles. The normalized spacial score (nSPS) is 21.2. The van der Waals surface area contributed by atoms with Crippen LogP contribution < -0.4 is 11.1 Å². The third-order valence-electron chi connectivity index (χ3n) is 5.27. The monoisotopic (exact) mass is 334 g/mol. The van der Waals surface area contributed by atoms with Crippen molar-refractivity contribution in [3.05, 3.63) is 16.0 Å². The third kappa shape index (κ3) is 3.77. The summed E-state index contributed by atoms with van der Waals surface area (Å²) in [5, 5.41) is 3.64. The number of fused-ring (bicyclic) bond motifs is 1. The summed E-state index contributed by atoms with van der Waals surface area (Å²) in [6.07, 6.45) is 9.57. The van der Waals surface area contributed by atoms with E-state index in [1.165, 1.54) is 30.6 Å². The van der Waals surface area contributed by atoms with E-state index < -0.39 is 5.91 Å². The van der Waals surface area contributed by atoms with Crippen LogP contribution in [0.4, 0.5) is 5.00 Å². The first-order chi connectivity index (χ1) is 11.0. The van der Waals surface area contributed by atoms with Gasteiger partial charge in [0.05, 0.1) is 5.56 Å². The minimum atomic E-state index is -0.414. The molecule has 1 aromatic rings. The molecule has 3 N–H and O–H groups in total. The first kappa shape index (κ1) is 16.5. The molecule has 2 aliphatic rings. The van der Waals surface area contributed by atoms with Crippen LogP contribution >= 0.6 is 11.3 Å². The van der Waals surface area contributed by atoms with Crippen LogP contribution in [0, 0.1) is 11.8 Å². The Morgan fingerprint density at radius 1 is 1.26 bits per heavy atom. The van der Waals surface area contributed by atoms with Gasteiger partial charge < -0.3 is 11.1 Å². The number of anilines is 1. The lowest BCUT2D eigenvalue weighted by molar-refractivity contribution is -0.116. The number of nitrogens with one attached hydrogen (secondary N) is 1. The number of carbonyl (C=O) groups excluding carboxylic acids is 2. The molecular formula is C18H26N2O2S. The predicted octanol–water partition coefficient (Wildman–Crippen LogP) is 3.88. The van der Waals surface area contributed by atoms with E-state index in [1.54, 1.807) is 11.3 Å². The lowest BCUT2D eigenvalue weighted by Gasteiger charge is -2.18. The Morgan fingerprint density at radius 3 is 2.70 bits per heavy atom. The molecule has 2 amide bonds. The lowest BCUT2D eigenvalue weighted by atomic mass is 9.88. The lowest BCUT2D eigenvalue weighted by Crippen LogP contribution is -2.19. The van der Waals surface area contributed by atoms with Crippen LogP contribution in [0.1, 0.15) is 72.7 Å². The van der Waals surface area contributed by atoms with Gasteiger partial charge in [-0.15, -0.1) is 11.3 Å². The summed E-state index contributed by atoms with van der Waals surface area (Å²) in [5.74, 6) is 0.940. The zero-order valence-corrected chi connectivity index (χ0v) is 14.6. The van der Waals surface area contributed by atoms with Crippen molar-refractivity contribution in [3.8, 4) is 0 Å². The fourth-order valence-corrected chi connectivity index (χ4v) is 5.36. The number of amides is 2. The van der Waals surface area contributed by atoms with Crippen molar-refractivity contribution < 1.29 is 9.59 Å². The molecule has 1 atom stereocenters. The Hall–Kier alpha value is -1.36. The number of hydrogen-bond donors (Lipinski definition) is 2. The molecule has 0 saturated heterocycles. The predicted molar refractivity (Wildman–Crippen MR) is 93.8 cm³/mol. The molecule has 0 radical (unpaired) electrons. The zero-order valence-electron chi connectivity index (χ0n) is 13.8. The first-order valence-electron chi connectivity index (χ1n) is 8.78. The minimum absolute atomic E-state index is 0.0195. The van der Waals surface area contributed by atoms with E-state index in [2.05, 4.69) is 12.2 Å². The number of rotatable bonds is 5. The zero-order chi connectivity index (χ0) is 16.4. The molecule has 0 spiro atoms. The maximum atomic E-state index is 12.3. The Kier molecular flexibility index (Phi) is 5.05. The Balaban J connectivity index is 1.69. The van der Waals surface area contributed by atoms with E-state index in [4.69, 9.17) is 5.73 Å². The molecule has 3 rings (SSSR count). The van der Waals surface area contributed by atoms with E-state index in [-0.39, 0.29) is 5.91 Å². The Labute approximate surface area is 141 Å². The number of nitrogens with two attached hydrogens (primary N) is 1. The molecule has 4 nitrogen and oxygen atoms in total. The molecule has 5 heteroatoms. The molecule has 1 saturated carbocycles. The van der Waals surface area contributed by atoms with Crippen molar-refractivity contribution in [2.75, 3.05) is 5.32 Å². The second kappa shape index (κ2) is 7.04. The molecule has 0 bridgehead atoms. The van der Waals surface area contributed by atoms with Gasteiger partial charge in [-0.25, -0.2) is 0 Å². The molecule has 126 valence electrons. The largest absolute Gasteiger partial charge is 0.365 e. The topological polar surface area (TPSA) is 72.2 Å². The number of carbonyl (C=O) groups is 2. The van der Waals surface area contributed by atoms with Crippen LogP contribution in [0.3, 0.4) is 0 Å². The van der Waals surface area contributed by atoms with E-state index in [0.717, 1.165) is 31.2 Å². The van der Waals surface area contributed by atoms with Gasteiger partial charge >= 0.3 is 0 Å². The van der Waals surface area contributed by atoms with Crippen molar-refractivity contribution in [1.82, 2.24) is 0 Å². The fourth-order valence-electron chi connectivity index (χ4n) is 3.92. The van der Waals surface area contributed by atoms with Crippen LogP contribution in [-0.2, 0) is 17.6 Å². The van der Waals surface area contributed by atoms with Gasteiger partial charge in [0.1, 0.15) is 5.00 Å². The van der Waals surface area contributed by atoms with Gasteiger partial charge in [0.15, 0.2) is 0 Å². The number of thiophene rings is 1. The molecular weight excluding hydrogens is 308 g/mol. The van der Waals surface area contributed by atoms with Gasteiger partial charge in [0, 0.05) is 11.3 Å². The molecule has 23 heavy (non-hydrogen) atoms. The first-order valence-corrected chi connectivity index (χ1v) is 9.60. The van der Waals surface area contributed by atoms with E-state index in [1.807, 2.05) is 0 Å². The van der Waals surface area contributed by atoms with E-state index >= 15 is 0 Å². The Bertz CT molecular complexity index is 602. The summed E-state index contributed by atoms with van der Waals surface area (Å²) in [4.78, 5) is 25.4. The molecule has 1 aromatic heterocycles. The smallest absolute Gasteiger partial charge is 0.251 e. The summed E-state index contributed by atoms with van der Waals surface area (Å²) in [7, 11) is 0. The van der Waals surface area contributed by atoms with Crippen LogP contribution in [0.25, 0.3) is 0 Å². The van der Waals surface area contributed by atoms with Crippen molar-refractivity contribution in [2.45, 2.75) is 64.7 Å².